The van der Waals surface area contributed by atoms with E-state index in [0.29, 0.717) is 4.47 Å². The number of sulfonamides is 1. The highest BCUT2D eigenvalue weighted by molar-refractivity contribution is 9.10. The number of rotatable bonds is 7. The molecular formula is C13H15BrN2O4S. The summed E-state index contributed by atoms with van der Waals surface area (Å²) in [4.78, 5) is 11.9. The summed E-state index contributed by atoms with van der Waals surface area (Å²) in [6, 6.07) is 4.18. The van der Waals surface area contributed by atoms with E-state index in [0.717, 1.165) is 0 Å². The Morgan fingerprint density at radius 2 is 2.19 bits per heavy atom. The van der Waals surface area contributed by atoms with Crippen LogP contribution in [0.5, 0.6) is 0 Å². The van der Waals surface area contributed by atoms with Gasteiger partial charge in [0, 0.05) is 18.1 Å². The second-order valence-corrected chi connectivity index (χ2v) is 6.54. The van der Waals surface area contributed by atoms with E-state index in [-0.39, 0.29) is 30.2 Å². The average molecular weight is 375 g/mol. The number of benzene rings is 1. The van der Waals surface area contributed by atoms with Gasteiger partial charge < -0.3 is 10.1 Å². The second-order valence-electron chi connectivity index (χ2n) is 3.92. The molecule has 8 heteroatoms. The number of hydrogen-bond donors (Lipinski definition) is 2. The predicted octanol–water partition coefficient (Wildman–Crippen LogP) is 0.737. The summed E-state index contributed by atoms with van der Waals surface area (Å²) >= 11 is 3.21. The zero-order chi connectivity index (χ0) is 15.9. The summed E-state index contributed by atoms with van der Waals surface area (Å²) in [6.45, 7) is 0.465. The van der Waals surface area contributed by atoms with Crippen molar-refractivity contribution in [2.24, 2.45) is 0 Å². The first-order chi connectivity index (χ1) is 9.92. The topological polar surface area (TPSA) is 84.5 Å². The molecule has 0 atom stereocenters. The molecule has 0 spiro atoms. The maximum absolute atomic E-state index is 12.1. The first kappa shape index (κ1) is 17.7. The van der Waals surface area contributed by atoms with Crippen LogP contribution in [0.1, 0.15) is 10.4 Å². The van der Waals surface area contributed by atoms with E-state index in [1.807, 2.05) is 0 Å². The lowest BCUT2D eigenvalue weighted by Gasteiger charge is -2.09. The Bertz CT molecular complexity index is 653. The minimum absolute atomic E-state index is 0.00680. The van der Waals surface area contributed by atoms with Crippen LogP contribution in [0.15, 0.2) is 27.6 Å². The minimum atomic E-state index is -3.70. The number of terminal acetylenes is 1. The summed E-state index contributed by atoms with van der Waals surface area (Å²) in [5.41, 5.74) is 0.194. The highest BCUT2D eigenvalue weighted by Gasteiger charge is 2.18. The van der Waals surface area contributed by atoms with Crippen molar-refractivity contribution in [3.05, 3.63) is 28.2 Å². The van der Waals surface area contributed by atoms with Gasteiger partial charge in [-0.15, -0.1) is 6.42 Å². The van der Waals surface area contributed by atoms with Crippen LogP contribution in [0.4, 0.5) is 0 Å². The fourth-order valence-corrected chi connectivity index (χ4v) is 2.90. The average Bonchev–Trinajstić information content (AvgIpc) is 2.45. The second kappa shape index (κ2) is 8.14. The van der Waals surface area contributed by atoms with Gasteiger partial charge in [0.15, 0.2) is 0 Å². The van der Waals surface area contributed by atoms with E-state index in [2.05, 4.69) is 31.9 Å². The van der Waals surface area contributed by atoms with Gasteiger partial charge in [-0.25, -0.2) is 13.1 Å². The Balaban J connectivity index is 3.01. The van der Waals surface area contributed by atoms with Crippen LogP contribution in [0, 0.1) is 12.3 Å². The maximum Gasteiger partial charge on any atom is 0.253 e. The summed E-state index contributed by atoms with van der Waals surface area (Å²) in [5.74, 6) is 1.83. The van der Waals surface area contributed by atoms with E-state index in [4.69, 9.17) is 11.2 Å². The Morgan fingerprint density at radius 3 is 2.81 bits per heavy atom. The molecule has 0 heterocycles. The molecule has 0 aromatic heterocycles. The molecule has 2 N–H and O–H groups in total. The van der Waals surface area contributed by atoms with Crippen LogP contribution in [-0.4, -0.2) is 41.1 Å². The third-order valence-corrected chi connectivity index (χ3v) is 4.59. The van der Waals surface area contributed by atoms with Gasteiger partial charge in [-0.2, -0.15) is 0 Å². The van der Waals surface area contributed by atoms with Gasteiger partial charge in [0.2, 0.25) is 10.0 Å². The Hall–Kier alpha value is -1.40. The first-order valence-corrected chi connectivity index (χ1v) is 8.20. The molecule has 1 amide bonds. The Labute approximate surface area is 132 Å². The molecule has 1 aromatic rings. The van der Waals surface area contributed by atoms with Crippen LogP contribution in [0.25, 0.3) is 0 Å². The molecule has 0 bridgehead atoms. The van der Waals surface area contributed by atoms with Crippen LogP contribution >= 0.6 is 15.9 Å². The smallest absolute Gasteiger partial charge is 0.253 e. The fraction of sp³-hybridized carbons (Fsp3) is 0.308. The molecule has 0 saturated carbocycles. The Morgan fingerprint density at radius 1 is 1.48 bits per heavy atom. The van der Waals surface area contributed by atoms with Crippen molar-refractivity contribution in [3.8, 4) is 12.3 Å². The largest absolute Gasteiger partial charge is 0.383 e. The third-order valence-electron chi connectivity index (χ3n) is 2.44. The first-order valence-electron chi connectivity index (χ1n) is 5.92. The minimum Gasteiger partial charge on any atom is -0.383 e. The van der Waals surface area contributed by atoms with Gasteiger partial charge in [0.1, 0.15) is 0 Å². The van der Waals surface area contributed by atoms with Gasteiger partial charge in [0.25, 0.3) is 5.91 Å². The lowest BCUT2D eigenvalue weighted by molar-refractivity contribution is 0.0957. The van der Waals surface area contributed by atoms with Gasteiger partial charge >= 0.3 is 0 Å². The molecule has 0 fully saturated rings. The highest BCUT2D eigenvalue weighted by atomic mass is 79.9. The summed E-state index contributed by atoms with van der Waals surface area (Å²) in [6.07, 6.45) is 5.07. The van der Waals surface area contributed by atoms with Crippen LogP contribution < -0.4 is 10.0 Å². The van der Waals surface area contributed by atoms with E-state index < -0.39 is 15.9 Å². The number of nitrogens with one attached hydrogen (secondary N) is 2. The maximum atomic E-state index is 12.1. The highest BCUT2D eigenvalue weighted by Crippen LogP contribution is 2.21. The molecule has 1 rings (SSSR count). The number of amides is 1. The van der Waals surface area contributed by atoms with Gasteiger partial charge in [-0.3, -0.25) is 4.79 Å². The van der Waals surface area contributed by atoms with E-state index in [1.165, 1.54) is 25.3 Å². The fourth-order valence-electron chi connectivity index (χ4n) is 1.43. The van der Waals surface area contributed by atoms with E-state index >= 15 is 0 Å². The summed E-state index contributed by atoms with van der Waals surface area (Å²) in [7, 11) is -2.22. The summed E-state index contributed by atoms with van der Waals surface area (Å²) < 4.78 is 31.8. The van der Waals surface area contributed by atoms with Crippen LogP contribution in [0.3, 0.4) is 0 Å². The number of carbonyl (C=O) groups excluding carboxylic acids is 1. The monoisotopic (exact) mass is 374 g/mol. The van der Waals surface area contributed by atoms with Crippen molar-refractivity contribution in [1.82, 2.24) is 10.0 Å². The molecule has 0 aliphatic carbocycles. The lowest BCUT2D eigenvalue weighted by Crippen LogP contribution is -2.28. The number of methoxy groups -OCH3 is 1. The van der Waals surface area contributed by atoms with E-state index in [9.17, 15) is 13.2 Å². The number of ether oxygens (including phenoxy) is 1. The van der Waals surface area contributed by atoms with Gasteiger partial charge in [0.05, 0.1) is 23.6 Å². The van der Waals surface area contributed by atoms with Crippen LogP contribution in [0.2, 0.25) is 0 Å². The van der Waals surface area contributed by atoms with Gasteiger partial charge in [-0.05, 0) is 34.1 Å². The van der Waals surface area contributed by atoms with Crippen molar-refractivity contribution in [3.63, 3.8) is 0 Å². The molecule has 6 nitrogen and oxygen atoms in total. The molecule has 1 aromatic carbocycles. The van der Waals surface area contributed by atoms with Crippen molar-refractivity contribution in [2.45, 2.75) is 4.90 Å². The normalized spacial score (nSPS) is 10.9. The van der Waals surface area contributed by atoms with Crippen molar-refractivity contribution < 1.29 is 17.9 Å². The van der Waals surface area contributed by atoms with Crippen molar-refractivity contribution >= 4 is 31.9 Å². The molecule has 114 valence electrons. The molecule has 21 heavy (non-hydrogen) atoms. The zero-order valence-corrected chi connectivity index (χ0v) is 13.8. The Kier molecular flexibility index (Phi) is 6.84. The van der Waals surface area contributed by atoms with Crippen LogP contribution in [-0.2, 0) is 14.8 Å². The standard InChI is InChI=1S/C13H15BrN2O4S/c1-3-6-15-13(17)11-9-10(4-5-12(11)14)21(18,19)16-7-8-20-2/h1,4-5,9,16H,6-8H2,2H3,(H,15,17). The lowest BCUT2D eigenvalue weighted by atomic mass is 10.2. The quantitative estimate of drug-likeness (QED) is 0.544. The molecule has 0 saturated heterocycles. The molecule has 0 radical (unpaired) electrons. The van der Waals surface area contributed by atoms with E-state index in [1.54, 1.807) is 0 Å². The molecular weight excluding hydrogens is 360 g/mol. The molecule has 0 aliphatic rings. The van der Waals surface area contributed by atoms with Crippen molar-refractivity contribution in [1.29, 1.82) is 0 Å². The SMILES string of the molecule is C#CCNC(=O)c1cc(S(=O)(=O)NCCOC)ccc1Br. The number of halogens is 1. The number of carbonyl (C=O) groups is 1. The summed E-state index contributed by atoms with van der Waals surface area (Å²) in [5, 5.41) is 2.48. The predicted molar refractivity (Wildman–Crippen MR) is 82.4 cm³/mol. The van der Waals surface area contributed by atoms with Gasteiger partial charge in [-0.1, -0.05) is 5.92 Å². The zero-order valence-electron chi connectivity index (χ0n) is 11.3. The number of hydrogen-bond acceptors (Lipinski definition) is 4. The molecule has 0 unspecified atom stereocenters. The van der Waals surface area contributed by atoms with Crippen molar-refractivity contribution in [2.75, 3.05) is 26.8 Å². The molecule has 0 aliphatic heterocycles. The third kappa shape index (κ3) is 5.13.